The molecule has 27 heavy (non-hydrogen) atoms. The van der Waals surface area contributed by atoms with Crippen molar-refractivity contribution in [3.05, 3.63) is 65.2 Å². The summed E-state index contributed by atoms with van der Waals surface area (Å²) in [5, 5.41) is 2.66. The molecule has 0 radical (unpaired) electrons. The largest absolute Gasteiger partial charge is 0.604 e. The van der Waals surface area contributed by atoms with Gasteiger partial charge in [-0.25, -0.2) is 19.9 Å². The van der Waals surface area contributed by atoms with Crippen LogP contribution < -0.4 is 16.3 Å². The van der Waals surface area contributed by atoms with Crippen LogP contribution in [0, 0.1) is 0 Å². The number of amides is 2. The summed E-state index contributed by atoms with van der Waals surface area (Å²) in [5.41, 5.74) is -2.48. The Kier molecular flexibility index (Phi) is 5.06. The van der Waals surface area contributed by atoms with Crippen LogP contribution in [0.4, 0.5) is 23.7 Å². The summed E-state index contributed by atoms with van der Waals surface area (Å²) in [5.74, 6) is 0. The zero-order valence-electron chi connectivity index (χ0n) is 13.4. The first-order chi connectivity index (χ1) is 12.8. The van der Waals surface area contributed by atoms with Crippen LogP contribution in [0.1, 0.15) is 0 Å². The minimum Gasteiger partial charge on any atom is -0.604 e. The first-order valence-corrected chi connectivity index (χ1v) is 8.54. The smallest absolute Gasteiger partial charge is 0.578 e. The van der Waals surface area contributed by atoms with Gasteiger partial charge in [-0.15, -0.1) is 13.2 Å². The maximum atomic E-state index is 12.4. The van der Waals surface area contributed by atoms with Crippen LogP contribution in [0.25, 0.3) is 10.9 Å². The van der Waals surface area contributed by atoms with E-state index in [1.54, 1.807) is 24.3 Å². The van der Waals surface area contributed by atoms with Gasteiger partial charge in [0.1, 0.15) is 6.33 Å². The van der Waals surface area contributed by atoms with Gasteiger partial charge in [0.2, 0.25) is 0 Å². The molecule has 140 valence electrons. The van der Waals surface area contributed by atoms with E-state index >= 15 is 0 Å². The molecule has 2 amide bonds. The summed E-state index contributed by atoms with van der Waals surface area (Å²) >= 11 is -3.15. The topological polar surface area (TPSA) is 99.1 Å². The van der Waals surface area contributed by atoms with Crippen molar-refractivity contribution in [2.45, 2.75) is 10.4 Å². The lowest BCUT2D eigenvalue weighted by Gasteiger charge is -2.13. The first kappa shape index (κ1) is 18.7. The molecule has 0 bridgehead atoms. The Morgan fingerprint density at radius 3 is 2.44 bits per heavy atom. The highest BCUT2D eigenvalue weighted by molar-refractivity contribution is 7.92. The van der Waals surface area contributed by atoms with Crippen molar-refractivity contribution < 1.29 is 22.5 Å². The predicted molar refractivity (Wildman–Crippen MR) is 93.3 cm³/mol. The van der Waals surface area contributed by atoms with E-state index in [-0.39, 0.29) is 5.69 Å². The molecule has 0 saturated heterocycles. The molecule has 1 heterocycles. The second-order valence-corrected chi connectivity index (χ2v) is 6.71. The first-order valence-electron chi connectivity index (χ1n) is 7.39. The Hall–Kier alpha value is -3.05. The zero-order chi connectivity index (χ0) is 19.6. The molecular formula is C16H11F3N4O3S. The Morgan fingerprint density at radius 2 is 1.78 bits per heavy atom. The van der Waals surface area contributed by atoms with Gasteiger partial charge < -0.3 is 9.87 Å². The molecule has 0 aliphatic carbocycles. The van der Waals surface area contributed by atoms with Gasteiger partial charge in [-0.3, -0.25) is 4.79 Å². The highest BCUT2D eigenvalue weighted by atomic mass is 32.2. The number of nitrogens with zero attached hydrogens (tertiary/aromatic N) is 2. The van der Waals surface area contributed by atoms with E-state index in [1.807, 2.05) is 0 Å². The Morgan fingerprint density at radius 1 is 1.11 bits per heavy atom. The molecule has 3 aromatic rings. The molecule has 3 rings (SSSR count). The molecule has 0 saturated carbocycles. The normalized spacial score (nSPS) is 12.6. The van der Waals surface area contributed by atoms with Crippen molar-refractivity contribution in [2.75, 3.05) is 10.7 Å². The highest BCUT2D eigenvalue weighted by Crippen LogP contribution is 2.30. The number of carbonyl (C=O) groups excluding carboxylic acids is 1. The van der Waals surface area contributed by atoms with E-state index in [9.17, 15) is 27.3 Å². The van der Waals surface area contributed by atoms with Gasteiger partial charge in [0.25, 0.3) is 5.56 Å². The van der Waals surface area contributed by atoms with Crippen molar-refractivity contribution in [2.24, 2.45) is 0 Å². The lowest BCUT2D eigenvalue weighted by atomic mass is 10.2. The number of urea groups is 1. The summed E-state index contributed by atoms with van der Waals surface area (Å²) in [6.45, 7) is 0. The monoisotopic (exact) mass is 396 g/mol. The van der Waals surface area contributed by atoms with E-state index in [1.165, 1.54) is 12.1 Å². The van der Waals surface area contributed by atoms with E-state index in [2.05, 4.69) is 15.7 Å². The minimum atomic E-state index is -4.86. The number of halogens is 3. The van der Waals surface area contributed by atoms with Crippen LogP contribution in [0.15, 0.2) is 64.5 Å². The highest BCUT2D eigenvalue weighted by Gasteiger charge is 2.45. The summed E-state index contributed by atoms with van der Waals surface area (Å²) < 4.78 is 49.4. The van der Waals surface area contributed by atoms with Crippen molar-refractivity contribution >= 4 is 33.8 Å². The average molecular weight is 396 g/mol. The Bertz CT molecular complexity index is 1040. The lowest BCUT2D eigenvalue weighted by molar-refractivity contribution is -0.0435. The van der Waals surface area contributed by atoms with Crippen LogP contribution >= 0.6 is 0 Å². The van der Waals surface area contributed by atoms with Crippen LogP contribution in [-0.2, 0) is 11.2 Å². The van der Waals surface area contributed by atoms with Crippen LogP contribution in [0.2, 0.25) is 0 Å². The SMILES string of the molecule is O=C(Nc1ccc([S+]([O-])C(F)(F)F)cc1)Nn1cnc2ccccc2c1=O. The van der Waals surface area contributed by atoms with Gasteiger partial charge in [-0.1, -0.05) is 12.1 Å². The van der Waals surface area contributed by atoms with Gasteiger partial charge in [0.15, 0.2) is 4.90 Å². The third-order valence-electron chi connectivity index (χ3n) is 3.42. The molecule has 1 atom stereocenters. The van der Waals surface area contributed by atoms with Crippen LogP contribution in [0.5, 0.6) is 0 Å². The number of fused-ring (bicyclic) bond motifs is 1. The Labute approximate surface area is 153 Å². The maximum absolute atomic E-state index is 12.4. The van der Waals surface area contributed by atoms with Crippen molar-refractivity contribution in [1.29, 1.82) is 0 Å². The number of carbonyl (C=O) groups is 1. The number of rotatable bonds is 3. The van der Waals surface area contributed by atoms with Gasteiger partial charge >= 0.3 is 11.5 Å². The third-order valence-corrected chi connectivity index (χ3v) is 4.54. The number of aromatic nitrogens is 2. The van der Waals surface area contributed by atoms with Gasteiger partial charge in [-0.05, 0) is 36.4 Å². The van der Waals surface area contributed by atoms with E-state index in [4.69, 9.17) is 0 Å². The molecular weight excluding hydrogens is 385 g/mol. The summed E-state index contributed by atoms with van der Waals surface area (Å²) in [6.07, 6.45) is 1.14. The van der Waals surface area contributed by atoms with Gasteiger partial charge in [0.05, 0.1) is 22.1 Å². The van der Waals surface area contributed by atoms with E-state index in [0.29, 0.717) is 10.9 Å². The molecule has 0 fully saturated rings. The van der Waals surface area contributed by atoms with Crippen LogP contribution in [0.3, 0.4) is 0 Å². The fraction of sp³-hybridized carbons (Fsp3) is 0.0625. The summed E-state index contributed by atoms with van der Waals surface area (Å²) in [7, 11) is 0. The molecule has 0 aliphatic rings. The molecule has 7 nitrogen and oxygen atoms in total. The Balaban J connectivity index is 1.71. The number of benzene rings is 2. The summed E-state index contributed by atoms with van der Waals surface area (Å²) in [6, 6.07) is 10.1. The molecule has 2 aromatic carbocycles. The number of anilines is 1. The number of para-hydroxylation sites is 1. The van der Waals surface area contributed by atoms with Crippen molar-refractivity contribution in [1.82, 2.24) is 9.66 Å². The number of hydrogen-bond acceptors (Lipinski definition) is 4. The quantitative estimate of drug-likeness (QED) is 0.665. The van der Waals surface area contributed by atoms with Gasteiger partial charge in [0, 0.05) is 5.69 Å². The molecule has 0 spiro atoms. The maximum Gasteiger partial charge on any atom is 0.578 e. The predicted octanol–water partition coefficient (Wildman–Crippen LogP) is 2.80. The second kappa shape index (κ2) is 7.29. The molecule has 2 N–H and O–H groups in total. The molecule has 1 unspecified atom stereocenters. The molecule has 1 aromatic heterocycles. The lowest BCUT2D eigenvalue weighted by Crippen LogP contribution is -2.35. The molecule has 11 heteroatoms. The fourth-order valence-corrected chi connectivity index (χ4v) is 2.86. The van der Waals surface area contributed by atoms with Crippen LogP contribution in [-0.4, -0.2) is 25.8 Å². The fourth-order valence-electron chi connectivity index (χ4n) is 2.21. The summed E-state index contributed by atoms with van der Waals surface area (Å²) in [4.78, 5) is 27.9. The number of alkyl halides is 3. The standard InChI is InChI=1S/C16H11F3N4O3S/c17-16(18,19)27(26)11-7-5-10(6-8-11)21-15(25)22-23-9-20-13-4-2-1-3-12(13)14(23)24/h1-9H,(H2,21,22,25). The third kappa shape index (κ3) is 4.20. The number of nitrogens with one attached hydrogen (secondary N) is 2. The average Bonchev–Trinajstić information content (AvgIpc) is 2.63. The van der Waals surface area contributed by atoms with E-state index < -0.39 is 33.2 Å². The second-order valence-electron chi connectivity index (χ2n) is 5.24. The molecule has 0 aliphatic heterocycles. The van der Waals surface area contributed by atoms with Crippen molar-refractivity contribution in [3.63, 3.8) is 0 Å². The van der Waals surface area contributed by atoms with Gasteiger partial charge in [-0.2, -0.15) is 0 Å². The van der Waals surface area contributed by atoms with Crippen molar-refractivity contribution in [3.8, 4) is 0 Å². The number of hydrogen-bond donors (Lipinski definition) is 2. The van der Waals surface area contributed by atoms with E-state index in [0.717, 1.165) is 23.1 Å². The zero-order valence-corrected chi connectivity index (χ0v) is 14.2. The minimum absolute atomic E-state index is 0.150.